The molecule has 0 unspecified atom stereocenters. The quantitative estimate of drug-likeness (QED) is 0.472. The number of ketones is 1. The fraction of sp³-hybridized carbons (Fsp3) is 0.167. The van der Waals surface area contributed by atoms with Crippen molar-refractivity contribution in [2.24, 2.45) is 0 Å². The average Bonchev–Trinajstić information content (AvgIpc) is 2.05. The van der Waals surface area contributed by atoms with Gasteiger partial charge in [0.15, 0.2) is 5.78 Å². The molecule has 3 nitrogen and oxygen atoms in total. The maximum Gasteiger partial charge on any atom is 0.197 e. The van der Waals surface area contributed by atoms with Crippen molar-refractivity contribution in [3.63, 3.8) is 0 Å². The first-order chi connectivity index (χ1) is 4.84. The van der Waals surface area contributed by atoms with Crippen molar-refractivity contribution < 1.29 is 4.79 Å². The predicted octanol–water partition coefficient (Wildman–Crippen LogP) is 0.898. The van der Waals surface area contributed by atoms with Gasteiger partial charge in [0.25, 0.3) is 0 Å². The van der Waals surface area contributed by atoms with Crippen LogP contribution in [0.3, 0.4) is 0 Å². The summed E-state index contributed by atoms with van der Waals surface area (Å²) in [5.41, 5.74) is 0.317. The van der Waals surface area contributed by atoms with Crippen LogP contribution in [0.4, 0.5) is 0 Å². The molecule has 0 bridgehead atoms. The fourth-order valence-corrected chi connectivity index (χ4v) is 0.648. The SMILES string of the molecule is O=C(CCl)c1cnccn1. The highest BCUT2D eigenvalue weighted by Gasteiger charge is 2.02. The van der Waals surface area contributed by atoms with Crippen LogP contribution >= 0.6 is 11.6 Å². The number of nitrogens with zero attached hydrogens (tertiary/aromatic N) is 2. The summed E-state index contributed by atoms with van der Waals surface area (Å²) in [6, 6.07) is 0. The van der Waals surface area contributed by atoms with Crippen molar-refractivity contribution in [1.29, 1.82) is 0 Å². The van der Waals surface area contributed by atoms with Gasteiger partial charge in [-0.3, -0.25) is 9.78 Å². The lowest BCUT2D eigenvalue weighted by Gasteiger charge is -1.90. The molecule has 1 rings (SSSR count). The van der Waals surface area contributed by atoms with E-state index in [1.807, 2.05) is 0 Å². The van der Waals surface area contributed by atoms with Gasteiger partial charge >= 0.3 is 0 Å². The summed E-state index contributed by atoms with van der Waals surface area (Å²) in [5.74, 6) is -0.242. The zero-order valence-electron chi connectivity index (χ0n) is 5.12. The normalized spacial score (nSPS) is 9.30. The van der Waals surface area contributed by atoms with Crippen LogP contribution in [-0.2, 0) is 0 Å². The van der Waals surface area contributed by atoms with Gasteiger partial charge in [-0.05, 0) is 0 Å². The third-order valence-electron chi connectivity index (χ3n) is 0.970. The van der Waals surface area contributed by atoms with E-state index in [0.29, 0.717) is 5.69 Å². The molecule has 10 heavy (non-hydrogen) atoms. The van der Waals surface area contributed by atoms with Crippen molar-refractivity contribution in [1.82, 2.24) is 9.97 Å². The molecular formula is C6H5ClN2O. The number of carbonyl (C=O) groups is 1. The molecule has 0 saturated heterocycles. The van der Waals surface area contributed by atoms with E-state index in [1.165, 1.54) is 18.6 Å². The Labute approximate surface area is 63.1 Å². The monoisotopic (exact) mass is 156 g/mol. The molecule has 0 aliphatic carbocycles. The second kappa shape index (κ2) is 3.27. The zero-order valence-corrected chi connectivity index (χ0v) is 5.88. The summed E-state index contributed by atoms with van der Waals surface area (Å²) >= 11 is 5.27. The molecule has 1 aromatic rings. The maximum atomic E-state index is 10.8. The van der Waals surface area contributed by atoms with Crippen molar-refractivity contribution >= 4 is 17.4 Å². The van der Waals surface area contributed by atoms with Crippen molar-refractivity contribution in [2.45, 2.75) is 0 Å². The van der Waals surface area contributed by atoms with Crippen LogP contribution in [0.2, 0.25) is 0 Å². The van der Waals surface area contributed by atoms with Crippen LogP contribution in [0.5, 0.6) is 0 Å². The van der Waals surface area contributed by atoms with E-state index in [4.69, 9.17) is 11.6 Å². The minimum atomic E-state index is -0.199. The molecule has 0 aliphatic heterocycles. The Bertz CT molecular complexity index is 224. The largest absolute Gasteiger partial charge is 0.291 e. The molecule has 0 fully saturated rings. The molecule has 0 amide bonds. The summed E-state index contributed by atoms with van der Waals surface area (Å²) in [7, 11) is 0. The van der Waals surface area contributed by atoms with Crippen LogP contribution in [0.25, 0.3) is 0 Å². The van der Waals surface area contributed by atoms with Gasteiger partial charge in [-0.25, -0.2) is 4.98 Å². The lowest BCUT2D eigenvalue weighted by molar-refractivity contribution is 0.101. The summed E-state index contributed by atoms with van der Waals surface area (Å²) in [6.45, 7) is 0. The van der Waals surface area contributed by atoms with Crippen LogP contribution in [0.1, 0.15) is 10.5 Å². The van der Waals surface area contributed by atoms with E-state index in [-0.39, 0.29) is 11.7 Å². The standard InChI is InChI=1S/C6H5ClN2O/c7-3-6(10)5-4-8-1-2-9-5/h1-2,4H,3H2. The van der Waals surface area contributed by atoms with E-state index >= 15 is 0 Å². The molecule has 1 heterocycles. The molecule has 0 N–H and O–H groups in total. The smallest absolute Gasteiger partial charge is 0.197 e. The summed E-state index contributed by atoms with van der Waals surface area (Å²) in [5, 5.41) is 0. The molecule has 0 aliphatic rings. The molecule has 1 aromatic heterocycles. The van der Waals surface area contributed by atoms with Gasteiger partial charge in [0.1, 0.15) is 5.69 Å². The van der Waals surface area contributed by atoms with E-state index in [1.54, 1.807) is 0 Å². The van der Waals surface area contributed by atoms with Gasteiger partial charge in [0.05, 0.1) is 12.1 Å². The van der Waals surface area contributed by atoms with E-state index in [9.17, 15) is 4.79 Å². The lowest BCUT2D eigenvalue weighted by atomic mass is 10.3. The van der Waals surface area contributed by atoms with Crippen molar-refractivity contribution in [3.05, 3.63) is 24.3 Å². The average molecular weight is 157 g/mol. The molecule has 52 valence electrons. The minimum Gasteiger partial charge on any atom is -0.291 e. The molecule has 0 radical (unpaired) electrons. The summed E-state index contributed by atoms with van der Waals surface area (Å²) < 4.78 is 0. The van der Waals surface area contributed by atoms with Gasteiger partial charge in [-0.1, -0.05) is 0 Å². The first kappa shape index (κ1) is 7.15. The number of carbonyl (C=O) groups excluding carboxylic acids is 1. The molecule has 0 aromatic carbocycles. The molecule has 0 spiro atoms. The van der Waals surface area contributed by atoms with Crippen LogP contribution in [0.15, 0.2) is 18.6 Å². The third-order valence-corrected chi connectivity index (χ3v) is 1.21. The number of aromatic nitrogens is 2. The van der Waals surface area contributed by atoms with E-state index in [0.717, 1.165) is 0 Å². The Morgan fingerprint density at radius 3 is 2.90 bits per heavy atom. The Balaban J connectivity index is 2.85. The fourth-order valence-electron chi connectivity index (χ4n) is 0.512. The van der Waals surface area contributed by atoms with Crippen LogP contribution in [-0.4, -0.2) is 21.6 Å². The van der Waals surface area contributed by atoms with Crippen LogP contribution in [0, 0.1) is 0 Å². The van der Waals surface area contributed by atoms with E-state index in [2.05, 4.69) is 9.97 Å². The lowest BCUT2D eigenvalue weighted by Crippen LogP contribution is -2.02. The maximum absolute atomic E-state index is 10.8. The number of halogens is 1. The van der Waals surface area contributed by atoms with Gasteiger partial charge in [0.2, 0.25) is 0 Å². The zero-order chi connectivity index (χ0) is 7.40. The highest BCUT2D eigenvalue weighted by atomic mass is 35.5. The molecular weight excluding hydrogens is 152 g/mol. The van der Waals surface area contributed by atoms with Crippen LogP contribution < -0.4 is 0 Å². The van der Waals surface area contributed by atoms with Gasteiger partial charge in [-0.15, -0.1) is 11.6 Å². The molecule has 4 heteroatoms. The number of rotatable bonds is 2. The number of hydrogen-bond donors (Lipinski definition) is 0. The topological polar surface area (TPSA) is 42.9 Å². The van der Waals surface area contributed by atoms with Gasteiger partial charge < -0.3 is 0 Å². The third kappa shape index (κ3) is 1.51. The van der Waals surface area contributed by atoms with Crippen molar-refractivity contribution in [3.8, 4) is 0 Å². The number of alkyl halides is 1. The predicted molar refractivity (Wildman–Crippen MR) is 37.1 cm³/mol. The Morgan fingerprint density at radius 1 is 1.60 bits per heavy atom. The van der Waals surface area contributed by atoms with Gasteiger partial charge in [0, 0.05) is 12.4 Å². The van der Waals surface area contributed by atoms with E-state index < -0.39 is 0 Å². The summed E-state index contributed by atoms with van der Waals surface area (Å²) in [4.78, 5) is 18.2. The second-order valence-corrected chi connectivity index (χ2v) is 1.91. The minimum absolute atomic E-state index is 0.0430. The second-order valence-electron chi connectivity index (χ2n) is 1.65. The molecule has 0 saturated carbocycles. The van der Waals surface area contributed by atoms with Crippen molar-refractivity contribution in [2.75, 3.05) is 5.88 Å². The Hall–Kier alpha value is -0.960. The number of hydrogen-bond acceptors (Lipinski definition) is 3. The van der Waals surface area contributed by atoms with Gasteiger partial charge in [-0.2, -0.15) is 0 Å². The molecule has 0 atom stereocenters. The first-order valence-electron chi connectivity index (χ1n) is 2.70. The Kier molecular flexibility index (Phi) is 2.34. The first-order valence-corrected chi connectivity index (χ1v) is 3.23. The Morgan fingerprint density at radius 2 is 2.40 bits per heavy atom. The highest BCUT2D eigenvalue weighted by molar-refractivity contribution is 6.30. The summed E-state index contributed by atoms with van der Waals surface area (Å²) in [6.07, 6.45) is 4.36. The highest BCUT2D eigenvalue weighted by Crippen LogP contribution is 1.93. The number of Topliss-reactive ketones (excluding diaryl/α,β-unsaturated/α-hetero) is 1.